The van der Waals surface area contributed by atoms with Crippen LogP contribution in [0, 0.1) is 5.82 Å². The largest absolute Gasteiger partial charge is 0.496 e. The number of nitrogens with zero attached hydrogens (tertiary/aromatic N) is 2. The molecule has 0 saturated carbocycles. The molecule has 1 heterocycles. The van der Waals surface area contributed by atoms with Gasteiger partial charge in [0, 0.05) is 11.1 Å². The summed E-state index contributed by atoms with van der Waals surface area (Å²) in [6.45, 7) is 0. The van der Waals surface area contributed by atoms with Gasteiger partial charge in [-0.3, -0.25) is 0 Å². The fraction of sp³-hybridized carbons (Fsp3) is 0.0909. The molecule has 0 bridgehead atoms. The van der Waals surface area contributed by atoms with E-state index in [1.807, 2.05) is 0 Å². The Morgan fingerprint density at radius 2 is 2.00 bits per heavy atom. The number of nitrogen functional groups attached to an aromatic ring is 1. The van der Waals surface area contributed by atoms with Crippen LogP contribution in [-0.2, 0) is 0 Å². The normalized spacial score (nSPS) is 10.3. The lowest BCUT2D eigenvalue weighted by Crippen LogP contribution is -1.96. The van der Waals surface area contributed by atoms with Crippen LogP contribution in [0.1, 0.15) is 0 Å². The summed E-state index contributed by atoms with van der Waals surface area (Å²) < 4.78 is 18.4. The Labute approximate surface area is 102 Å². The highest BCUT2D eigenvalue weighted by Gasteiger charge is 2.12. The highest BCUT2D eigenvalue weighted by atomic mass is 35.5. The highest BCUT2D eigenvalue weighted by Crippen LogP contribution is 2.34. The predicted octanol–water partition coefficient (Wildman–Crippen LogP) is 2.53. The maximum Gasteiger partial charge on any atom is 0.159 e. The minimum atomic E-state index is -0.396. The van der Waals surface area contributed by atoms with Crippen LogP contribution in [0.15, 0.2) is 24.3 Å². The summed E-state index contributed by atoms with van der Waals surface area (Å²) in [5.74, 6) is 0.295. The molecule has 88 valence electrons. The first-order chi connectivity index (χ1) is 8.11. The molecule has 6 heteroatoms. The zero-order chi connectivity index (χ0) is 12.4. The number of hydrogen-bond donors (Lipinski definition) is 1. The van der Waals surface area contributed by atoms with Gasteiger partial charge in [0.1, 0.15) is 17.4 Å². The van der Waals surface area contributed by atoms with E-state index < -0.39 is 5.82 Å². The smallest absolute Gasteiger partial charge is 0.159 e. The van der Waals surface area contributed by atoms with E-state index in [1.165, 1.54) is 31.4 Å². The number of ether oxygens (including phenoxy) is 1. The number of benzene rings is 1. The molecule has 4 nitrogen and oxygen atoms in total. The topological polar surface area (TPSA) is 61.0 Å². The van der Waals surface area contributed by atoms with Crippen molar-refractivity contribution in [1.29, 1.82) is 0 Å². The van der Waals surface area contributed by atoms with Crippen LogP contribution in [-0.4, -0.2) is 17.3 Å². The zero-order valence-corrected chi connectivity index (χ0v) is 9.70. The second kappa shape index (κ2) is 4.55. The highest BCUT2D eigenvalue weighted by molar-refractivity contribution is 6.32. The summed E-state index contributed by atoms with van der Waals surface area (Å²) in [6.07, 6.45) is 0. The molecule has 17 heavy (non-hydrogen) atoms. The molecule has 0 saturated heterocycles. The number of hydrogen-bond acceptors (Lipinski definition) is 4. The minimum absolute atomic E-state index is 0.142. The van der Waals surface area contributed by atoms with Gasteiger partial charge in [0.05, 0.1) is 7.11 Å². The van der Waals surface area contributed by atoms with E-state index in [2.05, 4.69) is 10.2 Å². The lowest BCUT2D eigenvalue weighted by atomic mass is 10.1. The fourth-order valence-electron chi connectivity index (χ4n) is 1.47. The van der Waals surface area contributed by atoms with Crippen molar-refractivity contribution < 1.29 is 9.13 Å². The van der Waals surface area contributed by atoms with E-state index in [-0.39, 0.29) is 11.0 Å². The van der Waals surface area contributed by atoms with E-state index >= 15 is 0 Å². The maximum atomic E-state index is 13.2. The van der Waals surface area contributed by atoms with Gasteiger partial charge in [0.25, 0.3) is 0 Å². The number of anilines is 1. The van der Waals surface area contributed by atoms with Crippen molar-refractivity contribution in [2.45, 2.75) is 0 Å². The van der Waals surface area contributed by atoms with Crippen LogP contribution in [0.2, 0.25) is 5.15 Å². The van der Waals surface area contributed by atoms with E-state index in [9.17, 15) is 4.39 Å². The van der Waals surface area contributed by atoms with Crippen LogP contribution >= 0.6 is 11.6 Å². The Balaban J connectivity index is 2.66. The van der Waals surface area contributed by atoms with Crippen molar-refractivity contribution in [2.24, 2.45) is 0 Å². The summed E-state index contributed by atoms with van der Waals surface area (Å²) in [5.41, 5.74) is 6.49. The van der Waals surface area contributed by atoms with Crippen LogP contribution in [0.4, 0.5) is 10.2 Å². The first-order valence-electron chi connectivity index (χ1n) is 4.74. The summed E-state index contributed by atoms with van der Waals surface area (Å²) in [5, 5.41) is 7.42. The number of nitrogens with two attached hydrogens (primary N) is 1. The first kappa shape index (κ1) is 11.6. The molecule has 0 unspecified atom stereocenters. The average molecular weight is 254 g/mol. The summed E-state index contributed by atoms with van der Waals surface area (Å²) in [7, 11) is 1.49. The van der Waals surface area contributed by atoms with Gasteiger partial charge in [-0.25, -0.2) is 4.39 Å². The van der Waals surface area contributed by atoms with Gasteiger partial charge in [0.2, 0.25) is 0 Å². The van der Waals surface area contributed by atoms with Crippen molar-refractivity contribution in [1.82, 2.24) is 10.2 Å². The second-order valence-corrected chi connectivity index (χ2v) is 3.68. The van der Waals surface area contributed by atoms with Gasteiger partial charge < -0.3 is 10.5 Å². The lowest BCUT2D eigenvalue weighted by Gasteiger charge is -2.09. The van der Waals surface area contributed by atoms with E-state index in [4.69, 9.17) is 22.1 Å². The van der Waals surface area contributed by atoms with Crippen molar-refractivity contribution in [3.05, 3.63) is 35.2 Å². The molecule has 2 aromatic rings. The quantitative estimate of drug-likeness (QED) is 0.893. The molecule has 0 aliphatic rings. The van der Waals surface area contributed by atoms with Crippen molar-refractivity contribution in [3.8, 4) is 16.9 Å². The monoisotopic (exact) mass is 253 g/mol. The average Bonchev–Trinajstić information content (AvgIpc) is 2.32. The molecule has 0 radical (unpaired) electrons. The molecule has 0 amide bonds. The van der Waals surface area contributed by atoms with E-state index in [0.29, 0.717) is 16.9 Å². The number of methoxy groups -OCH3 is 1. The van der Waals surface area contributed by atoms with E-state index in [1.54, 1.807) is 0 Å². The summed E-state index contributed by atoms with van der Waals surface area (Å²) in [6, 6.07) is 5.64. The van der Waals surface area contributed by atoms with Crippen LogP contribution in [0.5, 0.6) is 5.75 Å². The third kappa shape index (κ3) is 2.29. The Morgan fingerprint density at radius 3 is 2.71 bits per heavy atom. The van der Waals surface area contributed by atoms with Gasteiger partial charge in [-0.1, -0.05) is 11.6 Å². The van der Waals surface area contributed by atoms with Gasteiger partial charge >= 0.3 is 0 Å². The molecule has 0 atom stereocenters. The Hall–Kier alpha value is -1.88. The SMILES string of the molecule is COc1ccc(F)cc1-c1cc(N)nnc1Cl. The first-order valence-corrected chi connectivity index (χ1v) is 5.12. The summed E-state index contributed by atoms with van der Waals surface area (Å²) >= 11 is 5.90. The van der Waals surface area contributed by atoms with Gasteiger partial charge in [-0.2, -0.15) is 0 Å². The molecule has 0 aliphatic carbocycles. The standard InChI is InChI=1S/C11H9ClFN3O/c1-17-9-3-2-6(13)4-7(9)8-5-10(14)15-16-11(8)12/h2-5H,1H3,(H2,14,15). The third-order valence-corrected chi connectivity index (χ3v) is 2.50. The molecule has 1 aromatic heterocycles. The fourth-order valence-corrected chi connectivity index (χ4v) is 1.67. The third-order valence-electron chi connectivity index (χ3n) is 2.22. The van der Waals surface area contributed by atoms with Gasteiger partial charge in [-0.05, 0) is 24.3 Å². The van der Waals surface area contributed by atoms with Gasteiger partial charge in [-0.15, -0.1) is 10.2 Å². The molecule has 2 N–H and O–H groups in total. The van der Waals surface area contributed by atoms with Crippen molar-refractivity contribution in [2.75, 3.05) is 12.8 Å². The van der Waals surface area contributed by atoms with E-state index in [0.717, 1.165) is 0 Å². The summed E-state index contributed by atoms with van der Waals surface area (Å²) in [4.78, 5) is 0. The Kier molecular flexibility index (Phi) is 3.10. The molecule has 0 fully saturated rings. The Bertz CT molecular complexity index is 562. The molecular formula is C11H9ClFN3O. The molecule has 1 aromatic carbocycles. The molecule has 0 aliphatic heterocycles. The molecule has 0 spiro atoms. The number of aromatic nitrogens is 2. The maximum absolute atomic E-state index is 13.2. The number of rotatable bonds is 2. The Morgan fingerprint density at radius 1 is 1.24 bits per heavy atom. The zero-order valence-electron chi connectivity index (χ0n) is 8.95. The van der Waals surface area contributed by atoms with Crippen molar-refractivity contribution in [3.63, 3.8) is 0 Å². The molecular weight excluding hydrogens is 245 g/mol. The van der Waals surface area contributed by atoms with Crippen molar-refractivity contribution >= 4 is 17.4 Å². The van der Waals surface area contributed by atoms with Crippen LogP contribution < -0.4 is 10.5 Å². The number of halogens is 2. The lowest BCUT2D eigenvalue weighted by molar-refractivity contribution is 0.415. The molecule has 2 rings (SSSR count). The van der Waals surface area contributed by atoms with Crippen LogP contribution in [0.3, 0.4) is 0 Å². The minimum Gasteiger partial charge on any atom is -0.496 e. The van der Waals surface area contributed by atoms with Gasteiger partial charge in [0.15, 0.2) is 5.15 Å². The van der Waals surface area contributed by atoms with Crippen LogP contribution in [0.25, 0.3) is 11.1 Å². The second-order valence-electron chi connectivity index (χ2n) is 3.32. The predicted molar refractivity (Wildman–Crippen MR) is 63.4 cm³/mol.